The molecule has 0 aliphatic carbocycles. The summed E-state index contributed by atoms with van der Waals surface area (Å²) in [5, 5.41) is -1.09. The highest BCUT2D eigenvalue weighted by Crippen LogP contribution is 2.34. The fraction of sp³-hybridized carbons (Fsp3) is 0.188. The summed E-state index contributed by atoms with van der Waals surface area (Å²) in [6, 6.07) is 12.6. The van der Waals surface area contributed by atoms with E-state index in [1.165, 1.54) is 18.2 Å². The number of ether oxygens (including phenoxy) is 1. The van der Waals surface area contributed by atoms with E-state index in [1.807, 2.05) is 22.6 Å². The maximum absolute atomic E-state index is 13.0. The number of hydrogen-bond donors (Lipinski definition) is 0. The molecule has 0 aliphatic rings. The molecule has 2 aromatic carbocycles. The van der Waals surface area contributed by atoms with E-state index in [0.29, 0.717) is 14.2 Å². The van der Waals surface area contributed by atoms with Gasteiger partial charge in [0.05, 0.1) is 11.5 Å². The van der Waals surface area contributed by atoms with Crippen molar-refractivity contribution in [2.24, 2.45) is 0 Å². The summed E-state index contributed by atoms with van der Waals surface area (Å²) in [7, 11) is -3.95. The topological polar surface area (TPSA) is 60.4 Å². The number of carbonyl (C=O) groups excluding carboxylic acids is 1. The second-order valence-corrected chi connectivity index (χ2v) is 8.29. The highest BCUT2D eigenvalue weighted by Gasteiger charge is 2.38. The lowest BCUT2D eigenvalue weighted by Gasteiger charge is -2.18. The van der Waals surface area contributed by atoms with Crippen molar-refractivity contribution >= 4 is 50.0 Å². The zero-order valence-corrected chi connectivity index (χ0v) is 15.9. The highest BCUT2D eigenvalue weighted by molar-refractivity contribution is 14.1. The third-order valence-corrected chi connectivity index (χ3v) is 6.34. The molecule has 2 aromatic rings. The maximum Gasteiger partial charge on any atom is 0.329 e. The first-order valence-corrected chi connectivity index (χ1v) is 9.78. The molecule has 23 heavy (non-hydrogen) atoms. The Morgan fingerprint density at radius 2 is 1.87 bits per heavy atom. The summed E-state index contributed by atoms with van der Waals surface area (Å²) < 4.78 is 31.6. The normalized spacial score (nSPS) is 12.7. The molecule has 1 atom stereocenters. The summed E-state index contributed by atoms with van der Waals surface area (Å²) in [5.41, 5.74) is 0.320. The fourth-order valence-electron chi connectivity index (χ4n) is 2.10. The first kappa shape index (κ1) is 18.2. The van der Waals surface area contributed by atoms with Crippen LogP contribution in [-0.4, -0.2) is 21.0 Å². The second kappa shape index (κ2) is 7.63. The van der Waals surface area contributed by atoms with Gasteiger partial charge < -0.3 is 4.74 Å². The molecule has 0 aromatic heterocycles. The average molecular weight is 465 g/mol. The zero-order chi connectivity index (χ0) is 17.0. The van der Waals surface area contributed by atoms with Crippen molar-refractivity contribution in [2.75, 3.05) is 6.61 Å². The molecule has 1 unspecified atom stereocenters. The summed E-state index contributed by atoms with van der Waals surface area (Å²) in [5.74, 6) is -0.809. The Kier molecular flexibility index (Phi) is 6.05. The Labute approximate surface area is 153 Å². The monoisotopic (exact) mass is 464 g/mol. The predicted molar refractivity (Wildman–Crippen MR) is 97.2 cm³/mol. The van der Waals surface area contributed by atoms with Gasteiger partial charge in [0.25, 0.3) is 0 Å². The molecule has 0 aliphatic heterocycles. The smallest absolute Gasteiger partial charge is 0.329 e. The molecule has 0 fully saturated rings. The van der Waals surface area contributed by atoms with Gasteiger partial charge in [0.15, 0.2) is 15.1 Å². The Hall–Kier alpha value is -1.12. The van der Waals surface area contributed by atoms with E-state index in [1.54, 1.807) is 37.3 Å². The molecule has 2 rings (SSSR count). The number of sulfone groups is 1. The van der Waals surface area contributed by atoms with Gasteiger partial charge in [-0.25, -0.2) is 8.42 Å². The molecule has 7 heteroatoms. The van der Waals surface area contributed by atoms with Gasteiger partial charge in [-0.1, -0.05) is 29.8 Å². The van der Waals surface area contributed by atoms with E-state index < -0.39 is 21.1 Å². The van der Waals surface area contributed by atoms with Crippen LogP contribution in [0.25, 0.3) is 0 Å². The standard InChI is InChI=1S/C16H14ClIO4S/c1-2-22-16(19)15(13-10-11(17)8-9-14(13)18)23(20,21)12-6-4-3-5-7-12/h3-10,15H,2H2,1H3. The van der Waals surface area contributed by atoms with Crippen LogP contribution in [0.1, 0.15) is 17.7 Å². The number of carbonyl (C=O) groups is 1. The number of benzene rings is 2. The van der Waals surface area contributed by atoms with Gasteiger partial charge in [0.1, 0.15) is 0 Å². The Morgan fingerprint density at radius 3 is 2.48 bits per heavy atom. The lowest BCUT2D eigenvalue weighted by molar-refractivity contribution is -0.142. The van der Waals surface area contributed by atoms with Crippen LogP contribution in [0.4, 0.5) is 0 Å². The van der Waals surface area contributed by atoms with Gasteiger partial charge >= 0.3 is 5.97 Å². The van der Waals surface area contributed by atoms with Crippen LogP contribution in [0.15, 0.2) is 53.4 Å². The first-order valence-electron chi connectivity index (χ1n) is 6.78. The lowest BCUT2D eigenvalue weighted by Crippen LogP contribution is -2.25. The van der Waals surface area contributed by atoms with E-state index in [2.05, 4.69) is 0 Å². The SMILES string of the molecule is CCOC(=O)C(c1cc(Cl)ccc1I)S(=O)(=O)c1ccccc1. The molecule has 4 nitrogen and oxygen atoms in total. The number of rotatable bonds is 5. The Balaban J connectivity index is 2.64. The van der Waals surface area contributed by atoms with Crippen LogP contribution < -0.4 is 0 Å². The van der Waals surface area contributed by atoms with Gasteiger partial charge in [0.2, 0.25) is 0 Å². The van der Waals surface area contributed by atoms with Gasteiger partial charge in [-0.05, 0) is 65.4 Å². The van der Waals surface area contributed by atoms with Crippen molar-refractivity contribution in [3.63, 3.8) is 0 Å². The molecule has 0 saturated carbocycles. The first-order chi connectivity index (χ1) is 10.9. The van der Waals surface area contributed by atoms with Crippen molar-refractivity contribution in [3.05, 3.63) is 62.7 Å². The quantitative estimate of drug-likeness (QED) is 0.495. The number of hydrogen-bond acceptors (Lipinski definition) is 4. The minimum Gasteiger partial charge on any atom is -0.465 e. The van der Waals surface area contributed by atoms with E-state index >= 15 is 0 Å². The Bertz CT molecular complexity index is 806. The largest absolute Gasteiger partial charge is 0.465 e. The van der Waals surface area contributed by atoms with Gasteiger partial charge in [-0.2, -0.15) is 0 Å². The molecule has 0 amide bonds. The summed E-state index contributed by atoms with van der Waals surface area (Å²) in [4.78, 5) is 12.4. The third kappa shape index (κ3) is 4.05. The number of halogens is 2. The minimum atomic E-state index is -3.95. The average Bonchev–Trinajstić information content (AvgIpc) is 2.52. The molecule has 0 radical (unpaired) electrons. The van der Waals surface area contributed by atoms with Crippen molar-refractivity contribution in [1.82, 2.24) is 0 Å². The third-order valence-electron chi connectivity index (χ3n) is 3.12. The van der Waals surface area contributed by atoms with Crippen LogP contribution in [-0.2, 0) is 19.4 Å². The second-order valence-electron chi connectivity index (χ2n) is 4.66. The summed E-state index contributed by atoms with van der Waals surface area (Å²) in [6.45, 7) is 1.73. The van der Waals surface area contributed by atoms with Crippen molar-refractivity contribution in [1.29, 1.82) is 0 Å². The molecule has 0 spiro atoms. The lowest BCUT2D eigenvalue weighted by atomic mass is 10.1. The van der Waals surface area contributed by atoms with E-state index in [0.717, 1.165) is 0 Å². The van der Waals surface area contributed by atoms with Crippen molar-refractivity contribution in [3.8, 4) is 0 Å². The molecule has 0 heterocycles. The maximum atomic E-state index is 13.0. The van der Waals surface area contributed by atoms with E-state index in [4.69, 9.17) is 16.3 Å². The number of esters is 1. The minimum absolute atomic E-state index is 0.0637. The van der Waals surface area contributed by atoms with Gasteiger partial charge in [-0.15, -0.1) is 0 Å². The van der Waals surface area contributed by atoms with E-state index in [9.17, 15) is 13.2 Å². The molecule has 0 N–H and O–H groups in total. The summed E-state index contributed by atoms with van der Waals surface area (Å²) >= 11 is 7.97. The predicted octanol–water partition coefficient (Wildman–Crippen LogP) is 4.02. The van der Waals surface area contributed by atoms with Crippen LogP contribution in [0.3, 0.4) is 0 Å². The van der Waals surface area contributed by atoms with E-state index in [-0.39, 0.29) is 11.5 Å². The summed E-state index contributed by atoms with van der Waals surface area (Å²) in [6.07, 6.45) is 0. The molecule has 0 saturated heterocycles. The molecular formula is C16H14ClIO4S. The van der Waals surface area contributed by atoms with Crippen molar-refractivity contribution < 1.29 is 17.9 Å². The van der Waals surface area contributed by atoms with Gasteiger partial charge in [0, 0.05) is 8.59 Å². The van der Waals surface area contributed by atoms with Crippen LogP contribution in [0.2, 0.25) is 5.02 Å². The Morgan fingerprint density at radius 1 is 1.22 bits per heavy atom. The molecular weight excluding hydrogens is 451 g/mol. The highest BCUT2D eigenvalue weighted by atomic mass is 127. The zero-order valence-electron chi connectivity index (χ0n) is 12.2. The fourth-order valence-corrected chi connectivity index (χ4v) is 4.80. The van der Waals surface area contributed by atoms with Crippen LogP contribution in [0.5, 0.6) is 0 Å². The molecule has 122 valence electrons. The van der Waals surface area contributed by atoms with Gasteiger partial charge in [-0.3, -0.25) is 4.79 Å². The molecule has 0 bridgehead atoms. The van der Waals surface area contributed by atoms with Crippen molar-refractivity contribution in [2.45, 2.75) is 17.1 Å². The van der Waals surface area contributed by atoms with Crippen LogP contribution >= 0.6 is 34.2 Å². The van der Waals surface area contributed by atoms with Crippen LogP contribution in [0, 0.1) is 3.57 Å².